The van der Waals surface area contributed by atoms with E-state index >= 15 is 0 Å². The fourth-order valence-electron chi connectivity index (χ4n) is 1.46. The molecule has 3 nitrogen and oxygen atoms in total. The summed E-state index contributed by atoms with van der Waals surface area (Å²) in [6.45, 7) is 2.19. The van der Waals surface area contributed by atoms with Gasteiger partial charge in [0.25, 0.3) is 0 Å². The zero-order chi connectivity index (χ0) is 10.8. The molecule has 0 heterocycles. The molecule has 1 unspecified atom stereocenters. The van der Waals surface area contributed by atoms with E-state index in [9.17, 15) is 0 Å². The molecule has 0 bridgehead atoms. The number of hydrogen-bond acceptors (Lipinski definition) is 3. The molecule has 0 aromatic rings. The summed E-state index contributed by atoms with van der Waals surface area (Å²) in [5.74, 6) is 0. The van der Waals surface area contributed by atoms with Crippen molar-refractivity contribution in [1.29, 1.82) is 0 Å². The fraction of sp³-hybridized carbons (Fsp3) is 1.00. The highest BCUT2D eigenvalue weighted by Crippen LogP contribution is 2.10. The van der Waals surface area contributed by atoms with Gasteiger partial charge in [-0.15, -0.1) is 0 Å². The first-order valence-corrected chi connectivity index (χ1v) is 5.72. The van der Waals surface area contributed by atoms with Crippen molar-refractivity contribution in [2.24, 2.45) is 0 Å². The number of unbranched alkanes of at least 4 members (excludes halogenated alkanes) is 6. The smallest absolute Gasteiger partial charge is 0.178 e. The quantitative estimate of drug-likeness (QED) is 0.396. The third-order valence-electron chi connectivity index (χ3n) is 2.45. The molecule has 0 aliphatic carbocycles. The van der Waals surface area contributed by atoms with E-state index in [0.29, 0.717) is 6.42 Å². The molecule has 0 spiro atoms. The average molecular weight is 204 g/mol. The second-order valence-electron chi connectivity index (χ2n) is 3.89. The Labute approximate surface area is 86.8 Å². The van der Waals surface area contributed by atoms with Crippen LogP contribution in [0.15, 0.2) is 0 Å². The van der Waals surface area contributed by atoms with Crippen molar-refractivity contribution in [3.05, 3.63) is 0 Å². The summed E-state index contributed by atoms with van der Waals surface area (Å²) in [5.41, 5.74) is 0. The minimum Gasteiger partial charge on any atom is -0.388 e. The van der Waals surface area contributed by atoms with Crippen LogP contribution in [0, 0.1) is 0 Å². The summed E-state index contributed by atoms with van der Waals surface area (Å²) < 4.78 is 0. The van der Waals surface area contributed by atoms with Crippen LogP contribution in [0.1, 0.15) is 58.3 Å². The van der Waals surface area contributed by atoms with Gasteiger partial charge in [-0.25, -0.2) is 0 Å². The number of hydrogen-bond donors (Lipinski definition) is 3. The summed E-state index contributed by atoms with van der Waals surface area (Å²) in [4.78, 5) is 0. The van der Waals surface area contributed by atoms with Crippen molar-refractivity contribution in [1.82, 2.24) is 0 Å². The van der Waals surface area contributed by atoms with Crippen molar-refractivity contribution < 1.29 is 15.3 Å². The normalized spacial score (nSPS) is 13.5. The zero-order valence-corrected chi connectivity index (χ0v) is 9.15. The fourth-order valence-corrected chi connectivity index (χ4v) is 1.46. The largest absolute Gasteiger partial charge is 0.388 e. The summed E-state index contributed by atoms with van der Waals surface area (Å²) in [6.07, 6.45) is 6.21. The lowest BCUT2D eigenvalue weighted by Crippen LogP contribution is -2.24. The molecule has 0 rings (SSSR count). The molecule has 14 heavy (non-hydrogen) atoms. The molecular weight excluding hydrogens is 180 g/mol. The van der Waals surface area contributed by atoms with Crippen LogP contribution in [-0.4, -0.2) is 27.7 Å². The Hall–Kier alpha value is -0.120. The minimum absolute atomic E-state index is 0.492. The second kappa shape index (κ2) is 9.44. The number of aliphatic hydroxyl groups is 3. The van der Waals surface area contributed by atoms with Gasteiger partial charge in [0.2, 0.25) is 0 Å². The molecule has 3 N–H and O–H groups in total. The molecule has 0 fully saturated rings. The topological polar surface area (TPSA) is 60.7 Å². The van der Waals surface area contributed by atoms with Crippen LogP contribution < -0.4 is 0 Å². The van der Waals surface area contributed by atoms with Gasteiger partial charge in [-0.3, -0.25) is 0 Å². The Morgan fingerprint density at radius 2 is 1.29 bits per heavy atom. The Balaban J connectivity index is 3.06. The molecule has 86 valence electrons. The van der Waals surface area contributed by atoms with E-state index in [1.807, 2.05) is 0 Å². The molecule has 1 atom stereocenters. The molecule has 0 aromatic carbocycles. The van der Waals surface area contributed by atoms with Gasteiger partial charge in [-0.2, -0.15) is 0 Å². The first kappa shape index (κ1) is 13.9. The van der Waals surface area contributed by atoms with Gasteiger partial charge >= 0.3 is 0 Å². The number of rotatable bonds is 9. The van der Waals surface area contributed by atoms with Gasteiger partial charge in [0.15, 0.2) is 6.29 Å². The lowest BCUT2D eigenvalue weighted by atomic mass is 10.1. The maximum absolute atomic E-state index is 9.07. The Kier molecular flexibility index (Phi) is 9.35. The highest BCUT2D eigenvalue weighted by Gasteiger charge is 2.10. The van der Waals surface area contributed by atoms with Crippen LogP contribution in [0.4, 0.5) is 0 Å². The van der Waals surface area contributed by atoms with Crippen molar-refractivity contribution in [2.75, 3.05) is 0 Å². The molecule has 0 radical (unpaired) electrons. The van der Waals surface area contributed by atoms with Crippen molar-refractivity contribution in [3.63, 3.8) is 0 Å². The monoisotopic (exact) mass is 204 g/mol. The summed E-state index contributed by atoms with van der Waals surface area (Å²) in [7, 11) is 0. The van der Waals surface area contributed by atoms with E-state index in [2.05, 4.69) is 6.92 Å². The molecule has 0 aliphatic heterocycles. The van der Waals surface area contributed by atoms with E-state index in [-0.39, 0.29) is 0 Å². The van der Waals surface area contributed by atoms with E-state index in [1.165, 1.54) is 32.1 Å². The van der Waals surface area contributed by atoms with Crippen molar-refractivity contribution in [2.45, 2.75) is 70.7 Å². The van der Waals surface area contributed by atoms with E-state index in [1.54, 1.807) is 0 Å². The van der Waals surface area contributed by atoms with Gasteiger partial charge in [-0.1, -0.05) is 51.9 Å². The van der Waals surface area contributed by atoms with Crippen LogP contribution in [0.3, 0.4) is 0 Å². The predicted molar refractivity (Wildman–Crippen MR) is 56.8 cm³/mol. The van der Waals surface area contributed by atoms with Gasteiger partial charge in [0.05, 0.1) is 0 Å². The molecule has 0 aromatic heterocycles. The lowest BCUT2D eigenvalue weighted by molar-refractivity contribution is -0.124. The third-order valence-corrected chi connectivity index (χ3v) is 2.45. The van der Waals surface area contributed by atoms with Gasteiger partial charge in [0, 0.05) is 0 Å². The Morgan fingerprint density at radius 3 is 1.79 bits per heavy atom. The average Bonchev–Trinajstić information content (AvgIpc) is 2.16. The molecule has 0 amide bonds. The lowest BCUT2D eigenvalue weighted by Gasteiger charge is -2.11. The molecule has 3 heteroatoms. The van der Waals surface area contributed by atoms with E-state index < -0.39 is 12.4 Å². The molecule has 0 saturated heterocycles. The minimum atomic E-state index is -1.57. The highest BCUT2D eigenvalue weighted by atomic mass is 16.5. The van der Waals surface area contributed by atoms with E-state index in [0.717, 1.165) is 12.8 Å². The van der Waals surface area contributed by atoms with Crippen LogP contribution in [0.2, 0.25) is 0 Å². The van der Waals surface area contributed by atoms with Crippen LogP contribution >= 0.6 is 0 Å². The van der Waals surface area contributed by atoms with Gasteiger partial charge < -0.3 is 15.3 Å². The standard InChI is InChI=1S/C11H24O3/c1-2-3-4-5-6-7-8-9-10(12)11(13)14/h10-14H,2-9H2,1H3. The van der Waals surface area contributed by atoms with Crippen molar-refractivity contribution >= 4 is 0 Å². The summed E-state index contributed by atoms with van der Waals surface area (Å²) in [5, 5.41) is 26.3. The molecule has 0 saturated carbocycles. The van der Waals surface area contributed by atoms with Crippen molar-refractivity contribution in [3.8, 4) is 0 Å². The molecular formula is C11H24O3. The third kappa shape index (κ3) is 8.48. The van der Waals surface area contributed by atoms with Crippen LogP contribution in [0.25, 0.3) is 0 Å². The summed E-state index contributed by atoms with van der Waals surface area (Å²) >= 11 is 0. The maximum Gasteiger partial charge on any atom is 0.178 e. The summed E-state index contributed by atoms with van der Waals surface area (Å²) in [6, 6.07) is 0. The van der Waals surface area contributed by atoms with Gasteiger partial charge in [-0.05, 0) is 6.42 Å². The molecule has 0 aliphatic rings. The number of aliphatic hydroxyl groups excluding tert-OH is 2. The highest BCUT2D eigenvalue weighted by molar-refractivity contribution is 4.56. The zero-order valence-electron chi connectivity index (χ0n) is 9.15. The van der Waals surface area contributed by atoms with Gasteiger partial charge in [0.1, 0.15) is 6.10 Å². The second-order valence-corrected chi connectivity index (χ2v) is 3.89. The Morgan fingerprint density at radius 1 is 0.786 bits per heavy atom. The predicted octanol–water partition coefficient (Wildman–Crippen LogP) is 1.80. The Bertz CT molecular complexity index is 115. The first-order chi connectivity index (χ1) is 6.68. The van der Waals surface area contributed by atoms with Crippen LogP contribution in [0.5, 0.6) is 0 Å². The maximum atomic E-state index is 9.07. The first-order valence-electron chi connectivity index (χ1n) is 5.72. The SMILES string of the molecule is CCCCCCCCCC(O)C(O)O. The van der Waals surface area contributed by atoms with E-state index in [4.69, 9.17) is 15.3 Å². The van der Waals surface area contributed by atoms with Crippen LogP contribution in [-0.2, 0) is 0 Å².